The number of nitrogens with one attached hydrogen (secondary N) is 1. The van der Waals surface area contributed by atoms with Crippen LogP contribution in [0.25, 0.3) is 0 Å². The average molecular weight is 280 g/mol. The Morgan fingerprint density at radius 2 is 2.16 bits per heavy atom. The predicted molar refractivity (Wildman–Crippen MR) is 84.7 cm³/mol. The molecule has 19 heavy (non-hydrogen) atoms. The molecule has 0 aliphatic heterocycles. The molecule has 0 saturated heterocycles. The third kappa shape index (κ3) is 3.80. The Morgan fingerprint density at radius 1 is 1.37 bits per heavy atom. The lowest BCUT2D eigenvalue weighted by Gasteiger charge is -2.45. The molecule has 3 heteroatoms. The van der Waals surface area contributed by atoms with Crippen molar-refractivity contribution in [2.24, 2.45) is 11.8 Å². The monoisotopic (exact) mass is 280 g/mol. The highest BCUT2D eigenvalue weighted by Crippen LogP contribution is 2.36. The first-order valence-electron chi connectivity index (χ1n) is 7.55. The lowest BCUT2D eigenvalue weighted by atomic mass is 9.78. The van der Waals surface area contributed by atoms with Gasteiger partial charge in [-0.25, -0.2) is 0 Å². The first kappa shape index (κ1) is 15.0. The topological polar surface area (TPSA) is 15.3 Å². The molecule has 0 amide bonds. The van der Waals surface area contributed by atoms with Crippen LogP contribution in [0, 0.1) is 11.8 Å². The molecular formula is C16H28N2S. The highest BCUT2D eigenvalue weighted by molar-refractivity contribution is 7.10. The minimum Gasteiger partial charge on any atom is -0.316 e. The minimum atomic E-state index is 0.554. The number of hydrogen-bond donors (Lipinski definition) is 1. The third-order valence-electron chi connectivity index (χ3n) is 4.43. The largest absolute Gasteiger partial charge is 0.316 e. The van der Waals surface area contributed by atoms with Crippen LogP contribution < -0.4 is 5.32 Å². The van der Waals surface area contributed by atoms with E-state index in [9.17, 15) is 0 Å². The van der Waals surface area contributed by atoms with E-state index in [2.05, 4.69) is 55.5 Å². The smallest absolute Gasteiger partial charge is 0.0413 e. The molecule has 1 aliphatic carbocycles. The number of thiophene rings is 1. The van der Waals surface area contributed by atoms with E-state index in [4.69, 9.17) is 0 Å². The maximum absolute atomic E-state index is 3.62. The number of hydrogen-bond acceptors (Lipinski definition) is 3. The second-order valence-corrected chi connectivity index (χ2v) is 7.29. The normalized spacial score (nSPS) is 24.7. The average Bonchev–Trinajstić information content (AvgIpc) is 2.85. The van der Waals surface area contributed by atoms with Crippen LogP contribution in [0.5, 0.6) is 0 Å². The van der Waals surface area contributed by atoms with Crippen LogP contribution >= 0.6 is 11.3 Å². The molecule has 1 fully saturated rings. The zero-order valence-electron chi connectivity index (χ0n) is 12.7. The Kier molecular flexibility index (Phi) is 5.43. The van der Waals surface area contributed by atoms with Crippen LogP contribution in [0.15, 0.2) is 17.5 Å². The van der Waals surface area contributed by atoms with Crippen LogP contribution in [-0.4, -0.2) is 31.1 Å². The lowest BCUT2D eigenvalue weighted by molar-refractivity contribution is 0.0557. The Labute approximate surface area is 122 Å². The maximum atomic E-state index is 3.62. The summed E-state index contributed by atoms with van der Waals surface area (Å²) in [5.41, 5.74) is 0. The zero-order chi connectivity index (χ0) is 13.8. The molecule has 1 aliphatic rings. The van der Waals surface area contributed by atoms with E-state index < -0.39 is 0 Å². The number of nitrogens with zero attached hydrogens (tertiary/aromatic N) is 1. The van der Waals surface area contributed by atoms with Crippen molar-refractivity contribution in [3.05, 3.63) is 22.4 Å². The molecule has 108 valence electrons. The summed E-state index contributed by atoms with van der Waals surface area (Å²) in [7, 11) is 2.30. The van der Waals surface area contributed by atoms with Gasteiger partial charge >= 0.3 is 0 Å². The van der Waals surface area contributed by atoms with Gasteiger partial charge in [0.15, 0.2) is 0 Å². The molecule has 1 heterocycles. The molecular weight excluding hydrogens is 252 g/mol. The van der Waals surface area contributed by atoms with Crippen LogP contribution in [-0.2, 0) is 0 Å². The van der Waals surface area contributed by atoms with Crippen LogP contribution in [0.4, 0.5) is 0 Å². The molecule has 0 bridgehead atoms. The van der Waals surface area contributed by atoms with Crippen LogP contribution in [0.2, 0.25) is 0 Å². The molecule has 0 aromatic carbocycles. The molecule has 0 radical (unpaired) electrons. The van der Waals surface area contributed by atoms with Gasteiger partial charge in [0.2, 0.25) is 0 Å². The van der Waals surface area contributed by atoms with Crippen molar-refractivity contribution in [3.8, 4) is 0 Å². The van der Waals surface area contributed by atoms with Gasteiger partial charge < -0.3 is 5.32 Å². The van der Waals surface area contributed by atoms with Gasteiger partial charge in [-0.2, -0.15) is 0 Å². The van der Waals surface area contributed by atoms with Crippen molar-refractivity contribution in [2.45, 2.75) is 45.7 Å². The first-order chi connectivity index (χ1) is 9.09. The van der Waals surface area contributed by atoms with Gasteiger partial charge in [0, 0.05) is 17.0 Å². The van der Waals surface area contributed by atoms with Crippen molar-refractivity contribution in [3.63, 3.8) is 0 Å². The second-order valence-electron chi connectivity index (χ2n) is 6.31. The quantitative estimate of drug-likeness (QED) is 0.818. The maximum Gasteiger partial charge on any atom is 0.0413 e. The SMILES string of the molecule is CC(C)CNCC1CCC1N(C)C(C)c1cccs1. The molecule has 1 aromatic heterocycles. The van der Waals surface area contributed by atoms with Crippen LogP contribution in [0.1, 0.15) is 44.5 Å². The van der Waals surface area contributed by atoms with Gasteiger partial charge in [0.25, 0.3) is 0 Å². The van der Waals surface area contributed by atoms with E-state index in [-0.39, 0.29) is 0 Å². The molecule has 1 aromatic rings. The van der Waals surface area contributed by atoms with Crippen molar-refractivity contribution < 1.29 is 0 Å². The first-order valence-corrected chi connectivity index (χ1v) is 8.43. The molecule has 0 spiro atoms. The van der Waals surface area contributed by atoms with E-state index >= 15 is 0 Å². The lowest BCUT2D eigenvalue weighted by Crippen LogP contribution is -2.49. The Hall–Kier alpha value is -0.380. The Morgan fingerprint density at radius 3 is 2.68 bits per heavy atom. The standard InChI is InChI=1S/C16H28N2S/c1-12(2)10-17-11-14-7-8-15(14)18(4)13(3)16-6-5-9-19-16/h5-6,9,12-15,17H,7-8,10-11H2,1-4H3. The van der Waals surface area contributed by atoms with Gasteiger partial charge in [0.1, 0.15) is 0 Å². The summed E-state index contributed by atoms with van der Waals surface area (Å²) in [6, 6.07) is 5.73. The highest BCUT2D eigenvalue weighted by atomic mass is 32.1. The summed E-state index contributed by atoms with van der Waals surface area (Å²) < 4.78 is 0. The van der Waals surface area contributed by atoms with Crippen molar-refractivity contribution in [1.29, 1.82) is 0 Å². The van der Waals surface area contributed by atoms with Gasteiger partial charge in [-0.05, 0) is 63.2 Å². The van der Waals surface area contributed by atoms with Crippen molar-refractivity contribution >= 4 is 11.3 Å². The molecule has 3 atom stereocenters. The summed E-state index contributed by atoms with van der Waals surface area (Å²) in [6.07, 6.45) is 2.75. The fourth-order valence-electron chi connectivity index (χ4n) is 2.90. The Balaban J connectivity index is 1.81. The summed E-state index contributed by atoms with van der Waals surface area (Å²) in [5.74, 6) is 1.59. The molecule has 2 nitrogen and oxygen atoms in total. The van der Waals surface area contributed by atoms with Crippen molar-refractivity contribution in [1.82, 2.24) is 10.2 Å². The van der Waals surface area contributed by atoms with Crippen LogP contribution in [0.3, 0.4) is 0 Å². The van der Waals surface area contributed by atoms with Gasteiger partial charge in [-0.15, -0.1) is 11.3 Å². The van der Waals surface area contributed by atoms with Gasteiger partial charge in [-0.1, -0.05) is 19.9 Å². The fourth-order valence-corrected chi connectivity index (χ4v) is 3.73. The summed E-state index contributed by atoms with van der Waals surface area (Å²) in [4.78, 5) is 4.07. The highest BCUT2D eigenvalue weighted by Gasteiger charge is 2.35. The van der Waals surface area contributed by atoms with E-state index in [1.54, 1.807) is 0 Å². The second kappa shape index (κ2) is 6.87. The molecule has 1 N–H and O–H groups in total. The van der Waals surface area contributed by atoms with E-state index in [1.807, 2.05) is 11.3 Å². The molecule has 2 rings (SSSR count). The van der Waals surface area contributed by atoms with Gasteiger partial charge in [-0.3, -0.25) is 4.90 Å². The van der Waals surface area contributed by atoms with Crippen molar-refractivity contribution in [2.75, 3.05) is 20.1 Å². The minimum absolute atomic E-state index is 0.554. The molecule has 3 unspecified atom stereocenters. The fraction of sp³-hybridized carbons (Fsp3) is 0.750. The number of rotatable bonds is 7. The van der Waals surface area contributed by atoms with E-state index in [0.29, 0.717) is 6.04 Å². The Bertz CT molecular complexity index is 361. The molecule has 1 saturated carbocycles. The predicted octanol–water partition coefficient (Wildman–Crippen LogP) is 3.77. The summed E-state index contributed by atoms with van der Waals surface area (Å²) >= 11 is 1.88. The third-order valence-corrected chi connectivity index (χ3v) is 5.47. The summed E-state index contributed by atoms with van der Waals surface area (Å²) in [5, 5.41) is 5.80. The van der Waals surface area contributed by atoms with Gasteiger partial charge in [0.05, 0.1) is 0 Å². The van der Waals surface area contributed by atoms with E-state index in [1.165, 1.54) is 24.3 Å². The van der Waals surface area contributed by atoms with E-state index in [0.717, 1.165) is 24.4 Å². The zero-order valence-corrected chi connectivity index (χ0v) is 13.5. The summed E-state index contributed by atoms with van der Waals surface area (Å²) in [6.45, 7) is 9.22.